The second-order valence-electron chi connectivity index (χ2n) is 3.92. The van der Waals surface area contributed by atoms with Crippen molar-refractivity contribution in [3.63, 3.8) is 0 Å². The molecular formula is C15H12O. The standard InChI is InChI=1S/C15H12O/c1-11-13(9-10-16-11)15-8-4-6-12-5-2-3-7-14(12)15/h2-10H,1H3. The van der Waals surface area contributed by atoms with E-state index in [9.17, 15) is 0 Å². The van der Waals surface area contributed by atoms with Crippen LogP contribution in [-0.4, -0.2) is 0 Å². The van der Waals surface area contributed by atoms with Crippen molar-refractivity contribution in [2.45, 2.75) is 6.92 Å². The Morgan fingerprint density at radius 2 is 1.62 bits per heavy atom. The van der Waals surface area contributed by atoms with Crippen LogP contribution in [0, 0.1) is 6.92 Å². The summed E-state index contributed by atoms with van der Waals surface area (Å²) in [4.78, 5) is 0. The van der Waals surface area contributed by atoms with Crippen molar-refractivity contribution in [2.75, 3.05) is 0 Å². The Morgan fingerprint density at radius 3 is 2.44 bits per heavy atom. The highest BCUT2D eigenvalue weighted by molar-refractivity contribution is 5.96. The van der Waals surface area contributed by atoms with E-state index in [0.717, 1.165) is 5.76 Å². The molecule has 0 aliphatic carbocycles. The van der Waals surface area contributed by atoms with Gasteiger partial charge in [0.15, 0.2) is 0 Å². The normalized spacial score (nSPS) is 10.8. The van der Waals surface area contributed by atoms with Gasteiger partial charge in [-0.05, 0) is 29.3 Å². The summed E-state index contributed by atoms with van der Waals surface area (Å²) >= 11 is 0. The molecule has 1 nitrogen and oxygen atoms in total. The first-order valence-electron chi connectivity index (χ1n) is 5.38. The monoisotopic (exact) mass is 208 g/mol. The summed E-state index contributed by atoms with van der Waals surface area (Å²) in [5.41, 5.74) is 2.42. The van der Waals surface area contributed by atoms with E-state index >= 15 is 0 Å². The van der Waals surface area contributed by atoms with Gasteiger partial charge in [-0.25, -0.2) is 0 Å². The van der Waals surface area contributed by atoms with Crippen LogP contribution in [0.2, 0.25) is 0 Å². The molecule has 0 radical (unpaired) electrons. The summed E-state index contributed by atoms with van der Waals surface area (Å²) in [5, 5.41) is 2.54. The van der Waals surface area contributed by atoms with E-state index in [1.54, 1.807) is 6.26 Å². The van der Waals surface area contributed by atoms with Crippen molar-refractivity contribution in [1.29, 1.82) is 0 Å². The minimum Gasteiger partial charge on any atom is -0.469 e. The summed E-state index contributed by atoms with van der Waals surface area (Å²) in [6.07, 6.45) is 1.74. The maximum atomic E-state index is 5.37. The second-order valence-corrected chi connectivity index (χ2v) is 3.92. The van der Waals surface area contributed by atoms with Gasteiger partial charge in [0.05, 0.1) is 6.26 Å². The van der Waals surface area contributed by atoms with Crippen LogP contribution in [-0.2, 0) is 0 Å². The molecule has 3 rings (SSSR count). The molecule has 0 atom stereocenters. The number of furan rings is 1. The molecule has 0 N–H and O–H groups in total. The van der Waals surface area contributed by atoms with E-state index < -0.39 is 0 Å². The first-order chi connectivity index (χ1) is 7.86. The van der Waals surface area contributed by atoms with Gasteiger partial charge >= 0.3 is 0 Å². The van der Waals surface area contributed by atoms with Crippen LogP contribution >= 0.6 is 0 Å². The zero-order valence-electron chi connectivity index (χ0n) is 9.10. The number of hydrogen-bond acceptors (Lipinski definition) is 1. The minimum atomic E-state index is 0.969. The van der Waals surface area contributed by atoms with Crippen molar-refractivity contribution in [3.8, 4) is 11.1 Å². The number of fused-ring (bicyclic) bond motifs is 1. The van der Waals surface area contributed by atoms with Crippen LogP contribution in [0.15, 0.2) is 59.2 Å². The number of aryl methyl sites for hydroxylation is 1. The van der Waals surface area contributed by atoms with E-state index in [-0.39, 0.29) is 0 Å². The fourth-order valence-electron chi connectivity index (χ4n) is 2.12. The quantitative estimate of drug-likeness (QED) is 0.577. The minimum absolute atomic E-state index is 0.969. The molecule has 2 aromatic carbocycles. The molecule has 0 aliphatic rings. The van der Waals surface area contributed by atoms with Gasteiger partial charge in [0, 0.05) is 5.56 Å². The molecule has 1 aromatic heterocycles. The molecule has 0 unspecified atom stereocenters. The summed E-state index contributed by atoms with van der Waals surface area (Å²) in [6.45, 7) is 2.00. The lowest BCUT2D eigenvalue weighted by Gasteiger charge is -2.05. The number of rotatable bonds is 1. The van der Waals surface area contributed by atoms with Gasteiger partial charge < -0.3 is 4.42 Å². The summed E-state index contributed by atoms with van der Waals surface area (Å²) in [7, 11) is 0. The van der Waals surface area contributed by atoms with Crippen LogP contribution in [0.4, 0.5) is 0 Å². The van der Waals surface area contributed by atoms with Gasteiger partial charge in [0.25, 0.3) is 0 Å². The van der Waals surface area contributed by atoms with Crippen LogP contribution < -0.4 is 0 Å². The SMILES string of the molecule is Cc1occc1-c1cccc2ccccc12. The summed E-state index contributed by atoms with van der Waals surface area (Å²) < 4.78 is 5.37. The molecule has 0 amide bonds. The van der Waals surface area contributed by atoms with Gasteiger partial charge in [0.1, 0.15) is 5.76 Å². The molecule has 0 aliphatic heterocycles. The Kier molecular flexibility index (Phi) is 2.03. The highest BCUT2D eigenvalue weighted by Gasteiger charge is 2.07. The lowest BCUT2D eigenvalue weighted by molar-refractivity contribution is 0.535. The topological polar surface area (TPSA) is 13.1 Å². The van der Waals surface area contributed by atoms with E-state index in [0.29, 0.717) is 0 Å². The van der Waals surface area contributed by atoms with Crippen LogP contribution in [0.25, 0.3) is 21.9 Å². The highest BCUT2D eigenvalue weighted by atomic mass is 16.3. The molecule has 0 saturated carbocycles. The van der Waals surface area contributed by atoms with Crippen LogP contribution in [0.3, 0.4) is 0 Å². The molecular weight excluding hydrogens is 196 g/mol. The van der Waals surface area contributed by atoms with Crippen molar-refractivity contribution < 1.29 is 4.42 Å². The fraction of sp³-hybridized carbons (Fsp3) is 0.0667. The van der Waals surface area contributed by atoms with Crippen molar-refractivity contribution in [2.24, 2.45) is 0 Å². The maximum absolute atomic E-state index is 5.37. The summed E-state index contributed by atoms with van der Waals surface area (Å²) in [6, 6.07) is 16.8. The third-order valence-corrected chi connectivity index (χ3v) is 2.94. The van der Waals surface area contributed by atoms with E-state index in [1.807, 2.05) is 13.0 Å². The zero-order chi connectivity index (χ0) is 11.0. The highest BCUT2D eigenvalue weighted by Crippen LogP contribution is 2.31. The molecule has 0 bridgehead atoms. The first kappa shape index (κ1) is 9.22. The van der Waals surface area contributed by atoms with Gasteiger partial charge in [-0.1, -0.05) is 42.5 Å². The van der Waals surface area contributed by atoms with E-state index in [2.05, 4.69) is 42.5 Å². The lowest BCUT2D eigenvalue weighted by Crippen LogP contribution is -1.80. The molecule has 3 aromatic rings. The maximum Gasteiger partial charge on any atom is 0.108 e. The molecule has 78 valence electrons. The third kappa shape index (κ3) is 1.33. The third-order valence-electron chi connectivity index (χ3n) is 2.94. The molecule has 16 heavy (non-hydrogen) atoms. The van der Waals surface area contributed by atoms with Crippen molar-refractivity contribution >= 4 is 10.8 Å². The van der Waals surface area contributed by atoms with Gasteiger partial charge in [-0.15, -0.1) is 0 Å². The Labute approximate surface area is 94.3 Å². The Hall–Kier alpha value is -2.02. The van der Waals surface area contributed by atoms with Gasteiger partial charge in [-0.3, -0.25) is 0 Å². The Bertz CT molecular complexity index is 629. The fourth-order valence-corrected chi connectivity index (χ4v) is 2.12. The molecule has 0 fully saturated rings. The molecule has 1 heterocycles. The Morgan fingerprint density at radius 1 is 0.812 bits per heavy atom. The average Bonchev–Trinajstić information content (AvgIpc) is 2.75. The largest absolute Gasteiger partial charge is 0.469 e. The summed E-state index contributed by atoms with van der Waals surface area (Å²) in [5.74, 6) is 0.969. The number of hydrogen-bond donors (Lipinski definition) is 0. The Balaban J connectivity index is 2.36. The zero-order valence-corrected chi connectivity index (χ0v) is 9.10. The van der Waals surface area contributed by atoms with Gasteiger partial charge in [-0.2, -0.15) is 0 Å². The first-order valence-corrected chi connectivity index (χ1v) is 5.38. The lowest BCUT2D eigenvalue weighted by atomic mass is 9.99. The van der Waals surface area contributed by atoms with Crippen LogP contribution in [0.1, 0.15) is 5.76 Å². The molecule has 1 heteroatoms. The molecule has 0 spiro atoms. The smallest absolute Gasteiger partial charge is 0.108 e. The predicted molar refractivity (Wildman–Crippen MR) is 66.4 cm³/mol. The number of benzene rings is 2. The van der Waals surface area contributed by atoms with Gasteiger partial charge in [0.2, 0.25) is 0 Å². The van der Waals surface area contributed by atoms with E-state index in [1.165, 1.54) is 21.9 Å². The van der Waals surface area contributed by atoms with E-state index in [4.69, 9.17) is 4.42 Å². The second kappa shape index (κ2) is 3.53. The predicted octanol–water partition coefficient (Wildman–Crippen LogP) is 4.41. The van der Waals surface area contributed by atoms with Crippen molar-refractivity contribution in [1.82, 2.24) is 0 Å². The van der Waals surface area contributed by atoms with Crippen LogP contribution in [0.5, 0.6) is 0 Å². The average molecular weight is 208 g/mol. The van der Waals surface area contributed by atoms with Crippen molar-refractivity contribution in [3.05, 3.63) is 60.6 Å². The molecule has 0 saturated heterocycles.